The second-order valence-corrected chi connectivity index (χ2v) is 6.00. The number of aliphatic hydroxyl groups is 1. The molecule has 1 aromatic carbocycles. The summed E-state index contributed by atoms with van der Waals surface area (Å²) in [6.45, 7) is 3.66. The van der Waals surface area contributed by atoms with E-state index in [1.165, 1.54) is 4.90 Å². The molecule has 25 heavy (non-hydrogen) atoms. The number of hydrogen-bond acceptors (Lipinski definition) is 6. The van der Waals surface area contributed by atoms with Crippen LogP contribution in [0.3, 0.4) is 0 Å². The molecule has 0 spiro atoms. The van der Waals surface area contributed by atoms with E-state index in [9.17, 15) is 9.59 Å². The molecular formula is C17H23N3O5. The van der Waals surface area contributed by atoms with Crippen molar-refractivity contribution in [2.24, 2.45) is 0 Å². The van der Waals surface area contributed by atoms with Crippen molar-refractivity contribution in [1.29, 1.82) is 0 Å². The number of methoxy groups -OCH3 is 1. The lowest BCUT2D eigenvalue weighted by atomic mass is 10.2. The van der Waals surface area contributed by atoms with Crippen LogP contribution in [0, 0.1) is 0 Å². The largest absolute Gasteiger partial charge is 0.497 e. The molecule has 0 saturated carbocycles. The Balaban J connectivity index is 1.71. The van der Waals surface area contributed by atoms with Crippen LogP contribution in [0.4, 0.5) is 5.69 Å². The maximum atomic E-state index is 12.8. The van der Waals surface area contributed by atoms with Crippen LogP contribution in [-0.4, -0.2) is 86.3 Å². The van der Waals surface area contributed by atoms with Gasteiger partial charge in [-0.2, -0.15) is 0 Å². The molecule has 2 aliphatic rings. The van der Waals surface area contributed by atoms with Crippen molar-refractivity contribution < 1.29 is 24.2 Å². The molecule has 0 aromatic heterocycles. The van der Waals surface area contributed by atoms with Gasteiger partial charge in [0, 0.05) is 38.8 Å². The Morgan fingerprint density at radius 2 is 1.92 bits per heavy atom. The molecule has 136 valence electrons. The molecule has 2 aliphatic heterocycles. The summed E-state index contributed by atoms with van der Waals surface area (Å²) in [7, 11) is 1.55. The molecule has 0 unspecified atom stereocenters. The highest BCUT2D eigenvalue weighted by atomic mass is 16.5. The van der Waals surface area contributed by atoms with Crippen LogP contribution < -0.4 is 14.4 Å². The van der Waals surface area contributed by atoms with E-state index in [0.29, 0.717) is 63.1 Å². The van der Waals surface area contributed by atoms with Gasteiger partial charge < -0.3 is 19.5 Å². The molecule has 8 heteroatoms. The van der Waals surface area contributed by atoms with Gasteiger partial charge in [-0.05, 0) is 12.1 Å². The van der Waals surface area contributed by atoms with E-state index in [1.54, 1.807) is 30.2 Å². The predicted molar refractivity (Wildman–Crippen MR) is 90.9 cm³/mol. The number of amides is 2. The molecule has 1 saturated heterocycles. The summed E-state index contributed by atoms with van der Waals surface area (Å²) in [6.07, 6.45) is 0. The minimum atomic E-state index is -0.548. The van der Waals surface area contributed by atoms with Crippen LogP contribution in [0.2, 0.25) is 0 Å². The zero-order valence-electron chi connectivity index (χ0n) is 14.3. The van der Waals surface area contributed by atoms with Crippen LogP contribution in [0.5, 0.6) is 11.5 Å². The standard InChI is InChI=1S/C17H23N3O5/c1-24-13-2-3-15-14(12-13)20(9-11-25-15)17(23)16(22)19-6-4-18(5-7-19)8-10-21/h2-3,12,21H,4-11H2,1H3. The van der Waals surface area contributed by atoms with Gasteiger partial charge in [0.1, 0.15) is 18.1 Å². The average molecular weight is 349 g/mol. The molecule has 2 amide bonds. The number of carbonyl (C=O) groups excluding carboxylic acids is 2. The lowest BCUT2D eigenvalue weighted by Gasteiger charge is -2.36. The van der Waals surface area contributed by atoms with E-state index < -0.39 is 11.8 Å². The van der Waals surface area contributed by atoms with Crippen LogP contribution >= 0.6 is 0 Å². The number of carbonyl (C=O) groups is 2. The number of β-amino-alcohol motifs (C(OH)–C–C–N with tert-alkyl or cyclic N) is 1. The van der Waals surface area contributed by atoms with Crippen molar-refractivity contribution in [2.45, 2.75) is 0 Å². The van der Waals surface area contributed by atoms with Crippen LogP contribution in [0.25, 0.3) is 0 Å². The van der Waals surface area contributed by atoms with Crippen molar-refractivity contribution in [2.75, 3.05) is 64.5 Å². The van der Waals surface area contributed by atoms with Crippen molar-refractivity contribution in [3.05, 3.63) is 18.2 Å². The maximum absolute atomic E-state index is 12.8. The Morgan fingerprint density at radius 3 is 2.60 bits per heavy atom. The number of piperazine rings is 1. The second-order valence-electron chi connectivity index (χ2n) is 6.00. The van der Waals surface area contributed by atoms with Gasteiger partial charge in [-0.3, -0.25) is 19.4 Å². The smallest absolute Gasteiger partial charge is 0.316 e. The first kappa shape index (κ1) is 17.5. The topological polar surface area (TPSA) is 82.6 Å². The Morgan fingerprint density at radius 1 is 1.16 bits per heavy atom. The maximum Gasteiger partial charge on any atom is 0.316 e. The normalized spacial score (nSPS) is 17.7. The fourth-order valence-corrected chi connectivity index (χ4v) is 3.10. The van der Waals surface area contributed by atoms with Crippen LogP contribution in [0.15, 0.2) is 18.2 Å². The Kier molecular flexibility index (Phi) is 5.40. The summed E-state index contributed by atoms with van der Waals surface area (Å²) in [5, 5.41) is 8.98. The average Bonchev–Trinajstić information content (AvgIpc) is 2.66. The number of aliphatic hydroxyl groups excluding tert-OH is 1. The Labute approximate surface area is 146 Å². The third-order valence-corrected chi connectivity index (χ3v) is 4.53. The van der Waals surface area contributed by atoms with E-state index in [2.05, 4.69) is 4.90 Å². The van der Waals surface area contributed by atoms with Gasteiger partial charge in [0.2, 0.25) is 0 Å². The molecule has 8 nitrogen and oxygen atoms in total. The zero-order chi connectivity index (χ0) is 17.8. The zero-order valence-corrected chi connectivity index (χ0v) is 14.3. The molecule has 3 rings (SSSR count). The first-order valence-electron chi connectivity index (χ1n) is 8.39. The molecule has 0 atom stereocenters. The van der Waals surface area contributed by atoms with E-state index in [4.69, 9.17) is 14.6 Å². The summed E-state index contributed by atoms with van der Waals surface area (Å²) < 4.78 is 10.8. The van der Waals surface area contributed by atoms with E-state index in [-0.39, 0.29) is 6.61 Å². The fourth-order valence-electron chi connectivity index (χ4n) is 3.10. The molecule has 2 heterocycles. The number of nitrogens with zero attached hydrogens (tertiary/aromatic N) is 3. The molecule has 0 aliphatic carbocycles. The van der Waals surface area contributed by atoms with Crippen LogP contribution in [0.1, 0.15) is 0 Å². The van der Waals surface area contributed by atoms with E-state index in [0.717, 1.165) is 0 Å². The Hall–Kier alpha value is -2.32. The van der Waals surface area contributed by atoms with Gasteiger partial charge in [0.05, 0.1) is 25.9 Å². The molecule has 0 bridgehead atoms. The summed E-state index contributed by atoms with van der Waals surface area (Å²) in [6, 6.07) is 5.21. The predicted octanol–water partition coefficient (Wildman–Crippen LogP) is -0.443. The quantitative estimate of drug-likeness (QED) is 0.745. The third-order valence-electron chi connectivity index (χ3n) is 4.53. The minimum Gasteiger partial charge on any atom is -0.497 e. The molecule has 1 N–H and O–H groups in total. The van der Waals surface area contributed by atoms with Gasteiger partial charge >= 0.3 is 11.8 Å². The number of anilines is 1. The summed E-state index contributed by atoms with van der Waals surface area (Å²) in [4.78, 5) is 30.5. The summed E-state index contributed by atoms with van der Waals surface area (Å²) in [5.74, 6) is 0.126. The summed E-state index contributed by atoms with van der Waals surface area (Å²) >= 11 is 0. The van der Waals surface area contributed by atoms with Crippen LogP contribution in [-0.2, 0) is 9.59 Å². The fraction of sp³-hybridized carbons (Fsp3) is 0.529. The highest BCUT2D eigenvalue weighted by molar-refractivity contribution is 6.40. The number of ether oxygens (including phenoxy) is 2. The first-order chi connectivity index (χ1) is 12.1. The molecule has 1 fully saturated rings. The van der Waals surface area contributed by atoms with E-state index in [1.807, 2.05) is 0 Å². The number of fused-ring (bicyclic) bond motifs is 1. The minimum absolute atomic E-state index is 0.0965. The van der Waals surface area contributed by atoms with Gasteiger partial charge in [-0.1, -0.05) is 0 Å². The van der Waals surface area contributed by atoms with Crippen molar-refractivity contribution >= 4 is 17.5 Å². The molecule has 0 radical (unpaired) electrons. The number of benzene rings is 1. The third kappa shape index (κ3) is 3.69. The van der Waals surface area contributed by atoms with Crippen molar-refractivity contribution in [3.8, 4) is 11.5 Å². The monoisotopic (exact) mass is 349 g/mol. The lowest BCUT2D eigenvalue weighted by molar-refractivity contribution is -0.145. The second kappa shape index (κ2) is 7.71. The number of hydrogen-bond donors (Lipinski definition) is 1. The first-order valence-corrected chi connectivity index (χ1v) is 8.39. The highest BCUT2D eigenvalue weighted by Gasteiger charge is 2.33. The van der Waals surface area contributed by atoms with Gasteiger partial charge in [-0.25, -0.2) is 0 Å². The van der Waals surface area contributed by atoms with Crippen molar-refractivity contribution in [1.82, 2.24) is 9.80 Å². The SMILES string of the molecule is COc1ccc2c(c1)N(C(=O)C(=O)N1CCN(CCO)CC1)CCO2. The van der Waals surface area contributed by atoms with Gasteiger partial charge in [-0.15, -0.1) is 0 Å². The number of rotatable bonds is 3. The highest BCUT2D eigenvalue weighted by Crippen LogP contribution is 2.35. The van der Waals surface area contributed by atoms with E-state index >= 15 is 0 Å². The van der Waals surface area contributed by atoms with Gasteiger partial charge in [0.25, 0.3) is 0 Å². The molecular weight excluding hydrogens is 326 g/mol. The lowest BCUT2D eigenvalue weighted by Crippen LogP contribution is -2.54. The van der Waals surface area contributed by atoms with Gasteiger partial charge in [0.15, 0.2) is 0 Å². The Bertz CT molecular complexity index is 643. The van der Waals surface area contributed by atoms with Crippen molar-refractivity contribution in [3.63, 3.8) is 0 Å². The molecule has 1 aromatic rings. The summed E-state index contributed by atoms with van der Waals surface area (Å²) in [5.41, 5.74) is 0.558.